The third kappa shape index (κ3) is 20.4. The Bertz CT molecular complexity index is 7070. The predicted molar refractivity (Wildman–Crippen MR) is 515 cm³/mol. The van der Waals surface area contributed by atoms with Crippen molar-refractivity contribution in [2.45, 2.75) is 0 Å². The van der Waals surface area contributed by atoms with E-state index in [0.717, 1.165) is 77.0 Å². The number of anilines is 10. The fraction of sp³-hybridized carbons (Fsp3) is 0. The van der Waals surface area contributed by atoms with Gasteiger partial charge in [-0.05, 0) is 140 Å². The molecular formula is C84H51Br5Cl10N26O2+2. The summed E-state index contributed by atoms with van der Waals surface area (Å²) in [4.78, 5) is 39.7. The first-order valence-electron chi connectivity index (χ1n) is 36.7. The minimum Gasteiger partial charge on any atom is -0.340 e. The molecule has 5 aromatic carbocycles. The van der Waals surface area contributed by atoms with Crippen LogP contribution in [0.1, 0.15) is 0 Å². The van der Waals surface area contributed by atoms with Gasteiger partial charge in [-0.15, -0.1) is 0 Å². The molecular weight excluding hydrogens is 2160 g/mol. The Kier molecular flexibility index (Phi) is 28.1. The van der Waals surface area contributed by atoms with Crippen LogP contribution in [0.2, 0.25) is 50.2 Å². The van der Waals surface area contributed by atoms with E-state index in [0.29, 0.717) is 147 Å². The van der Waals surface area contributed by atoms with Crippen molar-refractivity contribution in [2.24, 2.45) is 0 Å². The number of nitrogens with one attached hydrogen (secondary N) is 5. The normalized spacial score (nSPS) is 11.0. The molecule has 0 amide bonds. The number of fused-ring (bicyclic) bond motifs is 5. The smallest absolute Gasteiger partial charge is 0.245 e. The van der Waals surface area contributed by atoms with Crippen LogP contribution in [-0.4, -0.2) is 103 Å². The van der Waals surface area contributed by atoms with Crippen LogP contribution in [0, 0.1) is 0 Å². The first-order valence-corrected chi connectivity index (χ1v) is 44.5. The summed E-state index contributed by atoms with van der Waals surface area (Å²) in [5.74, 6) is 4.16. The number of rotatable bonds is 15. The number of hydrogen-bond acceptors (Lipinski definition) is 21. The van der Waals surface area contributed by atoms with Crippen molar-refractivity contribution < 1.29 is 19.9 Å². The maximum Gasteiger partial charge on any atom is 0.245 e. The van der Waals surface area contributed by atoms with Crippen LogP contribution in [-0.2, 0) is 0 Å². The topological polar surface area (TPSA) is 311 Å². The third-order valence-electron chi connectivity index (χ3n) is 18.1. The van der Waals surface area contributed by atoms with Crippen LogP contribution in [0.15, 0.2) is 291 Å². The van der Waals surface area contributed by atoms with E-state index in [1.807, 2.05) is 127 Å². The second kappa shape index (κ2) is 40.0. The van der Waals surface area contributed by atoms with Crippen LogP contribution >= 0.6 is 196 Å². The van der Waals surface area contributed by atoms with E-state index in [1.54, 1.807) is 133 Å². The third-order valence-corrected chi connectivity index (χ3v) is 25.0. The molecule has 0 aliphatic rings. The SMILES string of the molecule is Clc1cccc(-c2cc(Nc3ccccn3)n3ncc(Br)c3n2)c1Cl.Clc1cccc(-c2cc(Nc3cccnc3)n3ncc(Br)c3n2)c1Cl.Clc1cccc(-c2cc(Nc3cncnc3)n3ncc(Br)c3n2)c1Cl.O[n+]1ccc(Nc2cc(-c3cccc(Cl)c3Cl)nc3c(Br)cnn23)cc1.O[n+]1cccc(Nc2cc(-c3cccc(Cl)c3Cl)nc3c(Br)cnn23)c1. The number of aromatic nitrogens is 21. The number of pyridine rings is 4. The first-order chi connectivity index (χ1) is 61.4. The van der Waals surface area contributed by atoms with Crippen molar-refractivity contribution >= 4 is 282 Å². The average Bonchev–Trinajstić information content (AvgIpc) is 1.69. The Morgan fingerprint density at radius 2 is 0.606 bits per heavy atom. The van der Waals surface area contributed by atoms with Gasteiger partial charge in [-0.3, -0.25) is 15.4 Å². The van der Waals surface area contributed by atoms with Crippen molar-refractivity contribution in [2.75, 3.05) is 26.6 Å². The van der Waals surface area contributed by atoms with Gasteiger partial charge < -0.3 is 26.6 Å². The summed E-state index contributed by atoms with van der Waals surface area (Å²) < 4.78 is 14.2. The van der Waals surface area contributed by atoms with Gasteiger partial charge in [0.1, 0.15) is 46.9 Å². The molecule has 0 bridgehead atoms. The van der Waals surface area contributed by atoms with Gasteiger partial charge in [0, 0.05) is 98.2 Å². The Morgan fingerprint density at radius 3 is 0.937 bits per heavy atom. The van der Waals surface area contributed by atoms with Gasteiger partial charge in [0.2, 0.25) is 24.8 Å². The van der Waals surface area contributed by atoms with E-state index in [4.69, 9.17) is 116 Å². The van der Waals surface area contributed by atoms with Crippen LogP contribution in [0.25, 0.3) is 84.5 Å². The molecule has 0 atom stereocenters. The maximum absolute atomic E-state index is 9.61. The van der Waals surface area contributed by atoms with Gasteiger partial charge in [0.05, 0.1) is 168 Å². The molecule has 28 nitrogen and oxygen atoms in total. The highest BCUT2D eigenvalue weighted by atomic mass is 79.9. The minimum absolute atomic E-state index is 0.431. The Morgan fingerprint density at radius 1 is 0.283 bits per heavy atom. The zero-order valence-corrected chi connectivity index (χ0v) is 79.3. The van der Waals surface area contributed by atoms with Crippen LogP contribution in [0.3, 0.4) is 0 Å². The minimum atomic E-state index is 0.431. The highest BCUT2D eigenvalue weighted by Crippen LogP contribution is 2.42. The van der Waals surface area contributed by atoms with Gasteiger partial charge in [-0.25, -0.2) is 39.9 Å². The Balaban J connectivity index is 0.000000117. The summed E-state index contributed by atoms with van der Waals surface area (Å²) in [5, 5.41) is 61.6. The molecule has 0 unspecified atom stereocenters. The highest BCUT2D eigenvalue weighted by molar-refractivity contribution is 9.11. The molecule has 43 heteroatoms. The van der Waals surface area contributed by atoms with Gasteiger partial charge in [0.25, 0.3) is 0 Å². The highest BCUT2D eigenvalue weighted by Gasteiger charge is 2.23. The molecule has 0 saturated heterocycles. The quantitative estimate of drug-likeness (QED) is 0.0370. The molecule has 0 spiro atoms. The van der Waals surface area contributed by atoms with E-state index < -0.39 is 0 Å². The van der Waals surface area contributed by atoms with Crippen molar-refractivity contribution in [1.82, 2.24) is 92.9 Å². The maximum atomic E-state index is 9.61. The molecule has 0 saturated carbocycles. The van der Waals surface area contributed by atoms with E-state index in [1.165, 1.54) is 31.1 Å². The van der Waals surface area contributed by atoms with E-state index in [-0.39, 0.29) is 0 Å². The summed E-state index contributed by atoms with van der Waals surface area (Å²) in [6.45, 7) is 0. The van der Waals surface area contributed by atoms with Gasteiger partial charge >= 0.3 is 0 Å². The average molecular weight is 2210 g/mol. The lowest BCUT2D eigenvalue weighted by atomic mass is 10.1. The standard InChI is InChI=1S/C17H11BrCl2N5O.C17H10BrCl2N5O.2C17H10BrCl2N5.C16H9BrCl2N6/c18-12-8-21-25-15(22-10-3-2-6-24(26)9-10)7-14(23-17(12)25)11-4-1-5-13(19)16(11)20;18-12-9-21-25-15(22-10-4-6-24(26)7-5-10)8-14(23-17(12)25)11-2-1-3-13(19)16(11)20;18-12-9-22-25-15(23-10-3-2-6-21-8-10)7-14(24-17(12)25)11-4-1-5-13(19)16(11)20;18-11-9-22-25-15(24-14-6-1-2-7-21-14)8-13(23-17(11)25)10-4-3-5-12(19)16(10)20;17-11-7-22-25-14(23-9-5-20-8-21-6-9)4-13(24-16(11)25)10-2-1-3-12(18)15(10)19/h1-9,22,26H;1-9,26H;1-9,23H;1-9H,(H,21,24);1-8,23H/q+1;;;;/p+1. The molecule has 15 heterocycles. The lowest BCUT2D eigenvalue weighted by Crippen LogP contribution is -2.28. The van der Waals surface area contributed by atoms with E-state index >= 15 is 0 Å². The lowest BCUT2D eigenvalue weighted by molar-refractivity contribution is -0.904. The summed E-state index contributed by atoms with van der Waals surface area (Å²) >= 11 is 79.9. The van der Waals surface area contributed by atoms with Crippen molar-refractivity contribution in [3.63, 3.8) is 0 Å². The molecule has 20 rings (SSSR count). The predicted octanol–water partition coefficient (Wildman–Crippen LogP) is 25.7. The number of nitrogens with zero attached hydrogens (tertiary/aromatic N) is 21. The van der Waals surface area contributed by atoms with E-state index in [9.17, 15) is 10.4 Å². The molecule has 632 valence electrons. The second-order valence-corrected chi connectivity index (χ2v) is 34.6. The summed E-state index contributed by atoms with van der Waals surface area (Å²) in [5.41, 5.74) is 13.2. The molecule has 0 aliphatic carbocycles. The Labute approximate surface area is 810 Å². The largest absolute Gasteiger partial charge is 0.340 e. The van der Waals surface area contributed by atoms with Crippen LogP contribution < -0.4 is 36.0 Å². The Hall–Kier alpha value is -11.2. The zero-order valence-electron chi connectivity index (χ0n) is 63.9. The van der Waals surface area contributed by atoms with Crippen LogP contribution in [0.5, 0.6) is 0 Å². The van der Waals surface area contributed by atoms with Gasteiger partial charge in [-0.1, -0.05) is 183 Å². The van der Waals surface area contributed by atoms with Crippen LogP contribution in [0.4, 0.5) is 57.7 Å². The number of hydrogen-bond donors (Lipinski definition) is 7. The van der Waals surface area contributed by atoms with Crippen molar-refractivity contribution in [3.8, 4) is 56.3 Å². The summed E-state index contributed by atoms with van der Waals surface area (Å²) in [7, 11) is 0. The van der Waals surface area contributed by atoms with E-state index in [2.05, 4.69) is 177 Å². The zero-order chi connectivity index (χ0) is 88.7. The molecule has 20 aromatic rings. The number of benzene rings is 5. The lowest BCUT2D eigenvalue weighted by Gasteiger charge is -2.11. The molecule has 127 heavy (non-hydrogen) atoms. The monoisotopic (exact) mass is 2200 g/mol. The van der Waals surface area contributed by atoms with Gasteiger partial charge in [0.15, 0.2) is 28.2 Å². The molecule has 0 radical (unpaired) electrons. The second-order valence-electron chi connectivity index (χ2n) is 26.4. The van der Waals surface area contributed by atoms with Crippen molar-refractivity contribution in [1.29, 1.82) is 0 Å². The first kappa shape index (κ1) is 89.2. The molecule has 0 fully saturated rings. The van der Waals surface area contributed by atoms with Gasteiger partial charge in [-0.2, -0.15) is 48.1 Å². The number of halogens is 15. The summed E-state index contributed by atoms with van der Waals surface area (Å²) in [6.07, 6.45) is 24.5. The fourth-order valence-corrected chi connectivity index (χ4v) is 16.1. The molecule has 15 aromatic heterocycles. The van der Waals surface area contributed by atoms with Crippen molar-refractivity contribution in [3.05, 3.63) is 342 Å². The fourth-order valence-electron chi connectivity index (χ4n) is 12.3. The molecule has 0 aliphatic heterocycles. The summed E-state index contributed by atoms with van der Waals surface area (Å²) in [6, 6.07) is 52.8. The molecule has 7 N–H and O–H groups in total.